The summed E-state index contributed by atoms with van der Waals surface area (Å²) in [6.45, 7) is 5.41. The van der Waals surface area contributed by atoms with Gasteiger partial charge in [-0.1, -0.05) is 13.3 Å². The van der Waals surface area contributed by atoms with E-state index in [1.807, 2.05) is 0 Å². The third-order valence-corrected chi connectivity index (χ3v) is 5.49. The fourth-order valence-corrected chi connectivity index (χ4v) is 4.06. The number of hydrogen-bond donors (Lipinski definition) is 2. The van der Waals surface area contributed by atoms with Gasteiger partial charge in [-0.15, -0.1) is 0 Å². The summed E-state index contributed by atoms with van der Waals surface area (Å²) in [4.78, 5) is 2.58. The van der Waals surface area contributed by atoms with Gasteiger partial charge in [0, 0.05) is 31.2 Å². The van der Waals surface area contributed by atoms with Crippen LogP contribution in [0.1, 0.15) is 43.4 Å². The highest BCUT2D eigenvalue weighted by molar-refractivity contribution is 5.49. The number of unbranched alkanes of at least 4 members (excludes halogenated alkanes) is 1. The second kappa shape index (κ2) is 7.72. The van der Waals surface area contributed by atoms with Crippen LogP contribution < -0.4 is 20.5 Å². The molecule has 0 aliphatic carbocycles. The van der Waals surface area contributed by atoms with Gasteiger partial charge in [0.1, 0.15) is 0 Å². The Labute approximate surface area is 145 Å². The Morgan fingerprint density at radius 3 is 2.71 bits per heavy atom. The molecule has 0 aromatic heterocycles. The van der Waals surface area contributed by atoms with Crippen molar-refractivity contribution < 1.29 is 9.47 Å². The van der Waals surface area contributed by atoms with Gasteiger partial charge in [0.2, 0.25) is 0 Å². The number of piperidine rings is 1. The van der Waals surface area contributed by atoms with Crippen molar-refractivity contribution in [2.75, 3.05) is 33.9 Å². The number of ether oxygens (including phenoxy) is 2. The number of nitrogens with zero attached hydrogens (tertiary/aromatic N) is 1. The van der Waals surface area contributed by atoms with Crippen LogP contribution in [0.5, 0.6) is 11.5 Å². The van der Waals surface area contributed by atoms with Crippen molar-refractivity contribution in [2.45, 2.75) is 50.7 Å². The maximum atomic E-state index is 6.51. The molecule has 0 amide bonds. The topological polar surface area (TPSA) is 59.8 Å². The maximum Gasteiger partial charge on any atom is 0.161 e. The van der Waals surface area contributed by atoms with Crippen LogP contribution in [0.4, 0.5) is 0 Å². The van der Waals surface area contributed by atoms with Crippen molar-refractivity contribution in [1.82, 2.24) is 10.2 Å². The molecule has 2 aliphatic heterocycles. The minimum Gasteiger partial charge on any atom is -0.493 e. The molecule has 1 saturated heterocycles. The lowest BCUT2D eigenvalue weighted by molar-refractivity contribution is 0.0983. The van der Waals surface area contributed by atoms with Gasteiger partial charge in [0.25, 0.3) is 0 Å². The molecule has 0 saturated carbocycles. The fraction of sp³-hybridized carbons (Fsp3) is 0.684. The zero-order chi connectivity index (χ0) is 17.1. The molecule has 0 radical (unpaired) electrons. The molecule has 1 aromatic rings. The van der Waals surface area contributed by atoms with Crippen molar-refractivity contribution >= 4 is 0 Å². The minimum absolute atomic E-state index is 0.196. The highest BCUT2D eigenvalue weighted by Gasteiger charge is 2.37. The first kappa shape index (κ1) is 17.5. The molecular weight excluding hydrogens is 302 g/mol. The first-order valence-electron chi connectivity index (χ1n) is 9.15. The molecule has 5 heteroatoms. The van der Waals surface area contributed by atoms with E-state index in [0.29, 0.717) is 12.1 Å². The summed E-state index contributed by atoms with van der Waals surface area (Å²) in [7, 11) is 3.40. The third-order valence-electron chi connectivity index (χ3n) is 5.49. The minimum atomic E-state index is 0.196. The average molecular weight is 333 g/mol. The van der Waals surface area contributed by atoms with Crippen LogP contribution in [0.3, 0.4) is 0 Å². The zero-order valence-electron chi connectivity index (χ0n) is 15.2. The summed E-state index contributed by atoms with van der Waals surface area (Å²) in [5.74, 6) is 1.64. The molecule has 2 heterocycles. The van der Waals surface area contributed by atoms with Gasteiger partial charge in [-0.05, 0) is 49.1 Å². The Kier molecular flexibility index (Phi) is 5.64. The summed E-state index contributed by atoms with van der Waals surface area (Å²) in [6, 6.07) is 5.29. The monoisotopic (exact) mass is 333 g/mol. The first-order chi connectivity index (χ1) is 11.7. The quantitative estimate of drug-likeness (QED) is 0.781. The molecule has 0 bridgehead atoms. The largest absolute Gasteiger partial charge is 0.493 e. The number of methoxy groups -OCH3 is 2. The lowest BCUT2D eigenvalue weighted by Crippen LogP contribution is -2.59. The number of benzene rings is 1. The summed E-state index contributed by atoms with van der Waals surface area (Å²) in [6.07, 6.45) is 4.48. The second-order valence-corrected chi connectivity index (χ2v) is 6.98. The Bertz CT molecular complexity index is 564. The maximum absolute atomic E-state index is 6.51. The molecule has 3 atom stereocenters. The lowest BCUT2D eigenvalue weighted by Gasteiger charge is -2.46. The van der Waals surface area contributed by atoms with Crippen LogP contribution in [0.2, 0.25) is 0 Å². The Morgan fingerprint density at radius 1 is 1.25 bits per heavy atom. The van der Waals surface area contributed by atoms with E-state index in [4.69, 9.17) is 15.2 Å². The van der Waals surface area contributed by atoms with Crippen LogP contribution in [0.25, 0.3) is 0 Å². The van der Waals surface area contributed by atoms with Gasteiger partial charge in [0.05, 0.1) is 14.2 Å². The normalized spacial score (nSPS) is 26.6. The van der Waals surface area contributed by atoms with Gasteiger partial charge in [-0.3, -0.25) is 4.90 Å². The molecule has 134 valence electrons. The van der Waals surface area contributed by atoms with Gasteiger partial charge in [0.15, 0.2) is 11.5 Å². The molecule has 1 fully saturated rings. The number of hydrogen-bond acceptors (Lipinski definition) is 5. The Balaban J connectivity index is 1.78. The van der Waals surface area contributed by atoms with Gasteiger partial charge >= 0.3 is 0 Å². The molecule has 5 nitrogen and oxygen atoms in total. The molecule has 3 rings (SSSR count). The van der Waals surface area contributed by atoms with Crippen LogP contribution >= 0.6 is 0 Å². The number of rotatable bonds is 6. The van der Waals surface area contributed by atoms with Crippen molar-refractivity contribution in [3.8, 4) is 11.5 Å². The van der Waals surface area contributed by atoms with E-state index in [0.717, 1.165) is 44.0 Å². The number of fused-ring (bicyclic) bond motifs is 3. The molecule has 2 aliphatic rings. The average Bonchev–Trinajstić information content (AvgIpc) is 2.61. The van der Waals surface area contributed by atoms with Crippen molar-refractivity contribution in [2.24, 2.45) is 5.73 Å². The molecule has 0 spiro atoms. The predicted octanol–water partition coefficient (Wildman–Crippen LogP) is 2.09. The molecule has 24 heavy (non-hydrogen) atoms. The number of nitrogens with two attached hydrogens (primary N) is 1. The summed E-state index contributed by atoms with van der Waals surface area (Å²) in [5.41, 5.74) is 9.24. The summed E-state index contributed by atoms with van der Waals surface area (Å²) in [5, 5.41) is 3.66. The van der Waals surface area contributed by atoms with Crippen molar-refractivity contribution in [1.29, 1.82) is 0 Å². The fourth-order valence-electron chi connectivity index (χ4n) is 4.06. The van der Waals surface area contributed by atoms with Gasteiger partial charge in [-0.2, -0.15) is 0 Å². The SMILES string of the molecule is CCCCNC1CN2CCc3cc(OC)c(OC)cc3C2CC1N. The first-order valence-corrected chi connectivity index (χ1v) is 9.15. The lowest BCUT2D eigenvalue weighted by atomic mass is 9.83. The smallest absolute Gasteiger partial charge is 0.161 e. The third kappa shape index (κ3) is 3.39. The second-order valence-electron chi connectivity index (χ2n) is 6.98. The number of nitrogens with one attached hydrogen (secondary N) is 1. The van der Waals surface area contributed by atoms with E-state index >= 15 is 0 Å². The van der Waals surface area contributed by atoms with Gasteiger partial charge in [-0.25, -0.2) is 0 Å². The van der Waals surface area contributed by atoms with Crippen LogP contribution in [0, 0.1) is 0 Å². The molecule has 3 N–H and O–H groups in total. The molecule has 3 unspecified atom stereocenters. The highest BCUT2D eigenvalue weighted by Crippen LogP contribution is 2.41. The van der Waals surface area contributed by atoms with Crippen molar-refractivity contribution in [3.05, 3.63) is 23.3 Å². The predicted molar refractivity (Wildman–Crippen MR) is 96.9 cm³/mol. The standard InChI is InChI=1S/C19H31N3O2/c1-4-5-7-21-16-12-22-8-6-13-9-18(23-2)19(24-3)10-14(13)17(22)11-15(16)20/h9-10,15-17,21H,4-8,11-12,20H2,1-3H3. The van der Waals surface area contributed by atoms with E-state index in [-0.39, 0.29) is 6.04 Å². The zero-order valence-corrected chi connectivity index (χ0v) is 15.2. The Morgan fingerprint density at radius 2 is 2.00 bits per heavy atom. The van der Waals surface area contributed by atoms with E-state index < -0.39 is 0 Å². The molecule has 1 aromatic carbocycles. The van der Waals surface area contributed by atoms with Crippen LogP contribution in [-0.4, -0.2) is 50.8 Å². The van der Waals surface area contributed by atoms with Crippen LogP contribution in [0.15, 0.2) is 12.1 Å². The summed E-state index contributed by atoms with van der Waals surface area (Å²) >= 11 is 0. The van der Waals surface area contributed by atoms with E-state index in [2.05, 4.69) is 29.3 Å². The van der Waals surface area contributed by atoms with E-state index in [1.54, 1.807) is 14.2 Å². The summed E-state index contributed by atoms with van der Waals surface area (Å²) < 4.78 is 11.0. The van der Waals surface area contributed by atoms with E-state index in [9.17, 15) is 0 Å². The van der Waals surface area contributed by atoms with Crippen molar-refractivity contribution in [3.63, 3.8) is 0 Å². The Hall–Kier alpha value is -1.30. The van der Waals surface area contributed by atoms with Crippen LogP contribution in [-0.2, 0) is 6.42 Å². The van der Waals surface area contributed by atoms with Gasteiger partial charge < -0.3 is 20.5 Å². The highest BCUT2D eigenvalue weighted by atomic mass is 16.5. The molecular formula is C19H31N3O2. The van der Waals surface area contributed by atoms with E-state index in [1.165, 1.54) is 24.0 Å².